The summed E-state index contributed by atoms with van der Waals surface area (Å²) in [5.74, 6) is -0.138. The lowest BCUT2D eigenvalue weighted by atomic mass is 10.1. The van der Waals surface area contributed by atoms with Gasteiger partial charge in [0, 0.05) is 19.8 Å². The number of hydrogen-bond donors (Lipinski definition) is 1. The van der Waals surface area contributed by atoms with E-state index in [1.165, 1.54) is 22.7 Å². The van der Waals surface area contributed by atoms with E-state index in [1.54, 1.807) is 12.1 Å². The molecule has 0 aliphatic carbocycles. The van der Waals surface area contributed by atoms with Gasteiger partial charge in [-0.2, -0.15) is 8.42 Å². The average Bonchev–Trinajstić information content (AvgIpc) is 2.70. The summed E-state index contributed by atoms with van der Waals surface area (Å²) in [7, 11) is -0.498. The van der Waals surface area contributed by atoms with Crippen LogP contribution < -0.4 is 13.9 Å². The molecule has 7 heteroatoms. The monoisotopic (exact) mass is 345 g/mol. The number of carbonyl (C=O) groups excluding carboxylic acids is 1. The normalized spacial score (nSPS) is 15.3. The number of hydrogen-bond acceptors (Lipinski definition) is 3. The Hall–Kier alpha value is -2.54. The summed E-state index contributed by atoms with van der Waals surface area (Å²) in [6.07, 6.45) is 0.269. The van der Waals surface area contributed by atoms with Gasteiger partial charge in [-0.05, 0) is 30.2 Å². The maximum atomic E-state index is 12.3. The summed E-state index contributed by atoms with van der Waals surface area (Å²) in [5.41, 5.74) is 3.52. The van der Waals surface area contributed by atoms with Crippen molar-refractivity contribution >= 4 is 33.2 Å². The number of rotatable bonds is 3. The fourth-order valence-corrected chi connectivity index (χ4v) is 3.89. The Labute approximate surface area is 141 Å². The molecule has 2 aromatic rings. The van der Waals surface area contributed by atoms with Crippen molar-refractivity contribution in [1.82, 2.24) is 0 Å². The van der Waals surface area contributed by atoms with Gasteiger partial charge in [-0.3, -0.25) is 13.4 Å². The lowest BCUT2D eigenvalue weighted by Gasteiger charge is -2.13. The van der Waals surface area contributed by atoms with Gasteiger partial charge in [0.15, 0.2) is 0 Å². The lowest BCUT2D eigenvalue weighted by molar-refractivity contribution is -0.115. The minimum absolute atomic E-state index is 0.138. The molecule has 3 rings (SSSR count). The Morgan fingerprint density at radius 3 is 2.25 bits per heavy atom. The first-order valence-electron chi connectivity index (χ1n) is 7.52. The van der Waals surface area contributed by atoms with Gasteiger partial charge in [0.25, 0.3) is 0 Å². The van der Waals surface area contributed by atoms with Crippen molar-refractivity contribution in [3.05, 3.63) is 53.6 Å². The molecule has 0 fully saturated rings. The van der Waals surface area contributed by atoms with E-state index in [9.17, 15) is 13.2 Å². The quantitative estimate of drug-likeness (QED) is 0.928. The van der Waals surface area contributed by atoms with E-state index >= 15 is 0 Å². The molecule has 1 N–H and O–H groups in total. The second kappa shape index (κ2) is 5.83. The van der Waals surface area contributed by atoms with Crippen molar-refractivity contribution < 1.29 is 13.2 Å². The molecule has 126 valence electrons. The fourth-order valence-electron chi connectivity index (χ4n) is 2.73. The average molecular weight is 345 g/mol. The Morgan fingerprint density at radius 1 is 1.04 bits per heavy atom. The summed E-state index contributed by atoms with van der Waals surface area (Å²) < 4.78 is 26.9. The topological polar surface area (TPSA) is 69.7 Å². The molecule has 0 bridgehead atoms. The first-order chi connectivity index (χ1) is 11.3. The van der Waals surface area contributed by atoms with Crippen molar-refractivity contribution in [2.24, 2.45) is 0 Å². The zero-order valence-corrected chi connectivity index (χ0v) is 14.6. The second-order valence-electron chi connectivity index (χ2n) is 5.81. The van der Waals surface area contributed by atoms with Crippen molar-refractivity contribution in [1.29, 1.82) is 0 Å². The molecule has 2 aromatic carbocycles. The molecule has 24 heavy (non-hydrogen) atoms. The number of aryl methyl sites for hydroxylation is 1. The van der Waals surface area contributed by atoms with E-state index in [0.29, 0.717) is 17.1 Å². The largest absolute Gasteiger partial charge is 0.326 e. The number of anilines is 3. The lowest BCUT2D eigenvalue weighted by Crippen LogP contribution is -2.32. The van der Waals surface area contributed by atoms with E-state index in [2.05, 4.69) is 5.32 Å². The van der Waals surface area contributed by atoms with Gasteiger partial charge in [0.05, 0.1) is 17.8 Å². The van der Waals surface area contributed by atoms with Crippen LogP contribution in [0, 0.1) is 6.92 Å². The van der Waals surface area contributed by atoms with E-state index < -0.39 is 10.2 Å². The molecule has 0 spiro atoms. The van der Waals surface area contributed by atoms with Crippen molar-refractivity contribution in [3.63, 3.8) is 0 Å². The molecule has 1 aliphatic rings. The van der Waals surface area contributed by atoms with Crippen LogP contribution in [0.3, 0.4) is 0 Å². The molecule has 0 aromatic heterocycles. The van der Waals surface area contributed by atoms with Crippen LogP contribution in [-0.4, -0.2) is 28.4 Å². The van der Waals surface area contributed by atoms with Gasteiger partial charge >= 0.3 is 10.2 Å². The van der Waals surface area contributed by atoms with E-state index in [4.69, 9.17) is 0 Å². The molecule has 1 aliphatic heterocycles. The molecular weight excluding hydrogens is 326 g/mol. The highest BCUT2D eigenvalue weighted by atomic mass is 32.2. The van der Waals surface area contributed by atoms with E-state index in [1.807, 2.05) is 37.3 Å². The van der Waals surface area contributed by atoms with E-state index in [0.717, 1.165) is 11.1 Å². The van der Waals surface area contributed by atoms with Crippen LogP contribution in [0.4, 0.5) is 17.1 Å². The zero-order valence-electron chi connectivity index (χ0n) is 13.8. The highest BCUT2D eigenvalue weighted by molar-refractivity contribution is 7.94. The minimum Gasteiger partial charge on any atom is -0.325 e. The predicted octanol–water partition coefficient (Wildman–Crippen LogP) is 2.31. The molecule has 1 heterocycles. The predicted molar refractivity (Wildman–Crippen MR) is 95.7 cm³/mol. The van der Waals surface area contributed by atoms with Gasteiger partial charge in [0.1, 0.15) is 0 Å². The standard InChI is InChI=1S/C17H19N3O3S/c1-12-9-15-16(20(3)24(22,23)19(15)2)11-14(12)18-17(21)10-13-7-5-4-6-8-13/h4-9,11H,10H2,1-3H3,(H,18,21). The van der Waals surface area contributed by atoms with Gasteiger partial charge < -0.3 is 5.32 Å². The number of nitrogens with zero attached hydrogens (tertiary/aromatic N) is 2. The highest BCUT2D eigenvalue weighted by Gasteiger charge is 2.35. The summed E-state index contributed by atoms with van der Waals surface area (Å²) in [4.78, 5) is 12.3. The van der Waals surface area contributed by atoms with Gasteiger partial charge in [-0.15, -0.1) is 0 Å². The van der Waals surface area contributed by atoms with Crippen LogP contribution in [-0.2, 0) is 21.4 Å². The van der Waals surface area contributed by atoms with E-state index in [-0.39, 0.29) is 12.3 Å². The number of amides is 1. The highest BCUT2D eigenvalue weighted by Crippen LogP contribution is 2.41. The number of benzene rings is 2. The van der Waals surface area contributed by atoms with Crippen LogP contribution in [0.2, 0.25) is 0 Å². The van der Waals surface area contributed by atoms with Gasteiger partial charge in [0.2, 0.25) is 5.91 Å². The number of carbonyl (C=O) groups is 1. The fraction of sp³-hybridized carbons (Fsp3) is 0.235. The molecular formula is C17H19N3O3S. The van der Waals surface area contributed by atoms with Crippen LogP contribution in [0.25, 0.3) is 0 Å². The van der Waals surface area contributed by atoms with Gasteiger partial charge in [-0.1, -0.05) is 30.3 Å². The summed E-state index contributed by atoms with van der Waals surface area (Å²) in [6, 6.07) is 12.9. The van der Waals surface area contributed by atoms with Crippen LogP contribution in [0.1, 0.15) is 11.1 Å². The minimum atomic E-state index is -3.52. The zero-order chi connectivity index (χ0) is 17.5. The third kappa shape index (κ3) is 2.71. The summed E-state index contributed by atoms with van der Waals surface area (Å²) in [6.45, 7) is 1.84. The third-order valence-corrected chi connectivity index (χ3v) is 5.95. The first-order valence-corrected chi connectivity index (χ1v) is 8.91. The smallest absolute Gasteiger partial charge is 0.325 e. The second-order valence-corrected chi connectivity index (χ2v) is 7.80. The van der Waals surface area contributed by atoms with Crippen LogP contribution in [0.5, 0.6) is 0 Å². The SMILES string of the molecule is Cc1cc2c(cc1NC(=O)Cc1ccccc1)N(C)S(=O)(=O)N2C. The molecule has 1 amide bonds. The molecule has 0 atom stereocenters. The number of nitrogens with one attached hydrogen (secondary N) is 1. The molecule has 0 unspecified atom stereocenters. The van der Waals surface area contributed by atoms with Crippen LogP contribution >= 0.6 is 0 Å². The maximum absolute atomic E-state index is 12.3. The third-order valence-electron chi connectivity index (χ3n) is 4.17. The van der Waals surface area contributed by atoms with Crippen molar-refractivity contribution in [2.45, 2.75) is 13.3 Å². The van der Waals surface area contributed by atoms with Crippen LogP contribution in [0.15, 0.2) is 42.5 Å². The molecule has 0 saturated carbocycles. The Bertz CT molecular complexity index is 895. The number of fused-ring (bicyclic) bond motifs is 1. The van der Waals surface area contributed by atoms with Crippen molar-refractivity contribution in [3.8, 4) is 0 Å². The molecule has 0 radical (unpaired) electrons. The molecule has 0 saturated heterocycles. The maximum Gasteiger partial charge on any atom is 0.326 e. The Kier molecular flexibility index (Phi) is 3.96. The first kappa shape index (κ1) is 16.3. The summed E-state index contributed by atoms with van der Waals surface area (Å²) >= 11 is 0. The Balaban J connectivity index is 1.86. The molecule has 6 nitrogen and oxygen atoms in total. The van der Waals surface area contributed by atoms with Gasteiger partial charge in [-0.25, -0.2) is 0 Å². The summed E-state index contributed by atoms with van der Waals surface area (Å²) in [5, 5.41) is 2.87. The van der Waals surface area contributed by atoms with Crippen molar-refractivity contribution in [2.75, 3.05) is 28.0 Å². The Morgan fingerprint density at radius 2 is 1.62 bits per heavy atom.